The molecule has 0 saturated heterocycles. The minimum atomic E-state index is -4.41. The summed E-state index contributed by atoms with van der Waals surface area (Å²) < 4.78 is 38.1. The van der Waals surface area contributed by atoms with Crippen LogP contribution in [-0.2, 0) is 6.18 Å². The molecule has 2 N–H and O–H groups in total. The zero-order valence-electron chi connectivity index (χ0n) is 13.7. The summed E-state index contributed by atoms with van der Waals surface area (Å²) in [5.74, 6) is -0.0731. The summed E-state index contributed by atoms with van der Waals surface area (Å²) in [5, 5.41) is 13.1. The largest absolute Gasteiger partial charge is 0.416 e. The van der Waals surface area contributed by atoms with Gasteiger partial charge in [0.15, 0.2) is 11.5 Å². The first-order chi connectivity index (χ1) is 11.9. The monoisotopic (exact) mass is 352 g/mol. The van der Waals surface area contributed by atoms with Crippen LogP contribution in [0.4, 0.5) is 24.7 Å². The molecule has 0 bridgehead atoms. The molecule has 2 rings (SSSR count). The van der Waals surface area contributed by atoms with Gasteiger partial charge in [0.2, 0.25) is 0 Å². The summed E-state index contributed by atoms with van der Waals surface area (Å²) in [7, 11) is 0. The summed E-state index contributed by atoms with van der Waals surface area (Å²) in [4.78, 5) is 11.9. The van der Waals surface area contributed by atoms with Crippen molar-refractivity contribution >= 4 is 17.4 Å². The van der Waals surface area contributed by atoms with Gasteiger partial charge in [-0.2, -0.15) is 13.2 Å². The highest BCUT2D eigenvalue weighted by Gasteiger charge is 2.30. The maximum atomic E-state index is 12.7. The second-order valence-corrected chi connectivity index (χ2v) is 5.47. The molecule has 0 spiro atoms. The number of aromatic nitrogens is 2. The predicted octanol–water partition coefficient (Wildman–Crippen LogP) is 4.16. The first kappa shape index (κ1) is 18.7. The number of carbonyl (C=O) groups is 1. The van der Waals surface area contributed by atoms with Crippen LogP contribution in [-0.4, -0.2) is 22.6 Å². The molecule has 0 radical (unpaired) electrons. The Kier molecular flexibility index (Phi) is 6.32. The van der Waals surface area contributed by atoms with E-state index in [2.05, 4.69) is 27.8 Å². The number of nitrogens with one attached hydrogen (secondary N) is 2. The van der Waals surface area contributed by atoms with Crippen LogP contribution in [0.15, 0.2) is 36.4 Å². The Hall–Kier alpha value is -2.64. The van der Waals surface area contributed by atoms with Crippen molar-refractivity contribution in [2.24, 2.45) is 0 Å². The number of amides is 1. The Bertz CT molecular complexity index is 702. The van der Waals surface area contributed by atoms with Crippen molar-refractivity contribution in [1.82, 2.24) is 15.5 Å². The molecule has 25 heavy (non-hydrogen) atoms. The van der Waals surface area contributed by atoms with Gasteiger partial charge < -0.3 is 10.6 Å². The molecule has 0 aliphatic heterocycles. The lowest BCUT2D eigenvalue weighted by Gasteiger charge is -2.10. The molecule has 1 amide bonds. The van der Waals surface area contributed by atoms with E-state index in [0.717, 1.165) is 31.4 Å². The van der Waals surface area contributed by atoms with Gasteiger partial charge in [0.05, 0.1) is 5.56 Å². The highest BCUT2D eigenvalue weighted by Crippen LogP contribution is 2.31. The normalized spacial score (nSPS) is 11.2. The van der Waals surface area contributed by atoms with Gasteiger partial charge in [-0.25, -0.2) is 0 Å². The molecular formula is C17H19F3N4O. The number of alkyl halides is 3. The second kappa shape index (κ2) is 8.46. The summed E-state index contributed by atoms with van der Waals surface area (Å²) >= 11 is 0. The first-order valence-electron chi connectivity index (χ1n) is 7.96. The fourth-order valence-corrected chi connectivity index (χ4v) is 2.11. The van der Waals surface area contributed by atoms with Crippen LogP contribution in [0.1, 0.15) is 42.2 Å². The molecule has 1 heterocycles. The molecule has 2 aromatic rings. The Balaban J connectivity index is 1.97. The Morgan fingerprint density at radius 2 is 1.92 bits per heavy atom. The third kappa shape index (κ3) is 5.74. The van der Waals surface area contributed by atoms with Crippen molar-refractivity contribution in [1.29, 1.82) is 0 Å². The molecule has 134 valence electrons. The van der Waals surface area contributed by atoms with Crippen LogP contribution in [0.3, 0.4) is 0 Å². The van der Waals surface area contributed by atoms with E-state index in [0.29, 0.717) is 6.54 Å². The maximum Gasteiger partial charge on any atom is 0.416 e. The average molecular weight is 352 g/mol. The van der Waals surface area contributed by atoms with Crippen LogP contribution in [0.5, 0.6) is 0 Å². The maximum absolute atomic E-state index is 12.7. The number of hydrogen-bond donors (Lipinski definition) is 2. The van der Waals surface area contributed by atoms with Crippen LogP contribution in [0, 0.1) is 0 Å². The molecule has 8 heteroatoms. The summed E-state index contributed by atoms with van der Waals surface area (Å²) in [6.45, 7) is 2.64. The molecule has 5 nitrogen and oxygen atoms in total. The predicted molar refractivity (Wildman–Crippen MR) is 88.6 cm³/mol. The van der Waals surface area contributed by atoms with Crippen molar-refractivity contribution in [3.63, 3.8) is 0 Å². The van der Waals surface area contributed by atoms with E-state index in [1.54, 1.807) is 0 Å². The number of anilines is 2. The highest BCUT2D eigenvalue weighted by molar-refractivity contribution is 5.92. The first-order valence-corrected chi connectivity index (χ1v) is 7.96. The number of unbranched alkanes of at least 4 members (excludes halogenated alkanes) is 2. The zero-order chi connectivity index (χ0) is 18.3. The van der Waals surface area contributed by atoms with E-state index in [1.807, 2.05) is 0 Å². The van der Waals surface area contributed by atoms with Gasteiger partial charge in [-0.05, 0) is 36.8 Å². The van der Waals surface area contributed by atoms with Gasteiger partial charge in [-0.3, -0.25) is 4.79 Å². The van der Waals surface area contributed by atoms with Crippen LogP contribution < -0.4 is 10.6 Å². The molecule has 0 fully saturated rings. The van der Waals surface area contributed by atoms with E-state index in [9.17, 15) is 18.0 Å². The number of rotatable bonds is 7. The van der Waals surface area contributed by atoms with Crippen LogP contribution in [0.25, 0.3) is 0 Å². The van der Waals surface area contributed by atoms with Crippen molar-refractivity contribution in [2.75, 3.05) is 11.9 Å². The van der Waals surface area contributed by atoms with Gasteiger partial charge in [0, 0.05) is 12.2 Å². The highest BCUT2D eigenvalue weighted by atomic mass is 19.4. The van der Waals surface area contributed by atoms with E-state index >= 15 is 0 Å². The van der Waals surface area contributed by atoms with Gasteiger partial charge in [-0.1, -0.05) is 25.8 Å². The fraction of sp³-hybridized carbons (Fsp3) is 0.353. The molecule has 0 atom stereocenters. The number of hydrogen-bond acceptors (Lipinski definition) is 4. The lowest BCUT2D eigenvalue weighted by Crippen LogP contribution is -2.25. The zero-order valence-corrected chi connectivity index (χ0v) is 13.7. The molecule has 0 unspecified atom stereocenters. The Labute approximate surface area is 143 Å². The van der Waals surface area contributed by atoms with Crippen molar-refractivity contribution in [3.05, 3.63) is 47.7 Å². The lowest BCUT2D eigenvalue weighted by molar-refractivity contribution is -0.137. The SMILES string of the molecule is CCCCCNC(=O)c1ccc(Nc2cccc(C(F)(F)F)c2)nn1. The third-order valence-electron chi connectivity index (χ3n) is 3.43. The Morgan fingerprint density at radius 3 is 2.56 bits per heavy atom. The van der Waals surface area contributed by atoms with Gasteiger partial charge in [-0.15, -0.1) is 10.2 Å². The Morgan fingerprint density at radius 1 is 1.12 bits per heavy atom. The average Bonchev–Trinajstić information content (AvgIpc) is 2.59. The summed E-state index contributed by atoms with van der Waals surface area (Å²) in [5.41, 5.74) is -0.361. The van der Waals surface area contributed by atoms with E-state index < -0.39 is 11.7 Å². The van der Waals surface area contributed by atoms with Crippen LogP contribution >= 0.6 is 0 Å². The summed E-state index contributed by atoms with van der Waals surface area (Å²) in [6, 6.07) is 7.73. The summed E-state index contributed by atoms with van der Waals surface area (Å²) in [6.07, 6.45) is -1.43. The number of carbonyl (C=O) groups excluding carboxylic acids is 1. The molecule has 1 aromatic carbocycles. The topological polar surface area (TPSA) is 66.9 Å². The van der Waals surface area contributed by atoms with Gasteiger partial charge >= 0.3 is 6.18 Å². The standard InChI is InChI=1S/C17H19F3N4O/c1-2-3-4-10-21-16(25)14-8-9-15(24-23-14)22-13-7-5-6-12(11-13)17(18,19)20/h5-9,11H,2-4,10H2,1H3,(H,21,25)(H,22,24). The third-order valence-corrected chi connectivity index (χ3v) is 3.43. The van der Waals surface area contributed by atoms with E-state index in [-0.39, 0.29) is 23.1 Å². The fourth-order valence-electron chi connectivity index (χ4n) is 2.11. The number of nitrogens with zero attached hydrogens (tertiary/aromatic N) is 2. The molecule has 1 aromatic heterocycles. The number of benzene rings is 1. The van der Waals surface area contributed by atoms with E-state index in [1.165, 1.54) is 24.3 Å². The van der Waals surface area contributed by atoms with Crippen molar-refractivity contribution < 1.29 is 18.0 Å². The van der Waals surface area contributed by atoms with E-state index in [4.69, 9.17) is 0 Å². The lowest BCUT2D eigenvalue weighted by atomic mass is 10.2. The molecular weight excluding hydrogens is 333 g/mol. The van der Waals surface area contributed by atoms with Crippen molar-refractivity contribution in [3.8, 4) is 0 Å². The molecule has 0 saturated carbocycles. The molecule has 0 aliphatic carbocycles. The minimum Gasteiger partial charge on any atom is -0.351 e. The van der Waals surface area contributed by atoms with Gasteiger partial charge in [0.25, 0.3) is 5.91 Å². The molecule has 0 aliphatic rings. The quantitative estimate of drug-likeness (QED) is 0.735. The smallest absolute Gasteiger partial charge is 0.351 e. The van der Waals surface area contributed by atoms with Gasteiger partial charge in [0.1, 0.15) is 0 Å². The van der Waals surface area contributed by atoms with Crippen LogP contribution in [0.2, 0.25) is 0 Å². The van der Waals surface area contributed by atoms with Crippen molar-refractivity contribution in [2.45, 2.75) is 32.4 Å². The minimum absolute atomic E-state index is 0.158. The number of halogens is 3. The second-order valence-electron chi connectivity index (χ2n) is 5.47.